The normalized spacial score (nSPS) is 9.75. The largest absolute Gasteiger partial charge is 0.368 e. The maximum absolute atomic E-state index is 5.43. The van der Waals surface area contributed by atoms with E-state index in [1.807, 2.05) is 0 Å². The summed E-state index contributed by atoms with van der Waals surface area (Å²) < 4.78 is 0. The second-order valence-electron chi connectivity index (χ2n) is 2.12. The number of nitrogens with two attached hydrogens (primary N) is 1. The lowest BCUT2D eigenvalue weighted by Crippen LogP contribution is -2.01. The lowest BCUT2D eigenvalue weighted by molar-refractivity contribution is 0.871. The minimum absolute atomic E-state index is 0.272. The maximum Gasteiger partial charge on any atom is 0.224 e. The summed E-state index contributed by atoms with van der Waals surface area (Å²) in [6.45, 7) is 5.39. The molecule has 0 aromatic carbocycles. The molecule has 5 heteroatoms. The van der Waals surface area contributed by atoms with Crippen molar-refractivity contribution in [2.75, 3.05) is 11.5 Å². The van der Waals surface area contributed by atoms with Gasteiger partial charge < -0.3 is 5.73 Å². The Bertz CT molecular complexity index is 266. The Morgan fingerprint density at radius 1 is 1.50 bits per heavy atom. The number of aromatic nitrogens is 3. The number of nitrogen functional groups attached to an aromatic ring is 1. The van der Waals surface area contributed by atoms with E-state index in [0.717, 1.165) is 5.75 Å². The van der Waals surface area contributed by atoms with Gasteiger partial charge in [0.25, 0.3) is 0 Å². The summed E-state index contributed by atoms with van der Waals surface area (Å²) in [4.78, 5) is 11.9. The molecule has 0 radical (unpaired) electrons. The fourth-order valence-electron chi connectivity index (χ4n) is 0.675. The van der Waals surface area contributed by atoms with Gasteiger partial charge >= 0.3 is 0 Å². The molecule has 64 valence electrons. The Morgan fingerprint density at radius 3 is 2.83 bits per heavy atom. The van der Waals surface area contributed by atoms with E-state index in [0.29, 0.717) is 11.0 Å². The molecule has 1 heterocycles. The number of hydrogen-bond acceptors (Lipinski definition) is 5. The van der Waals surface area contributed by atoms with Crippen LogP contribution in [0.2, 0.25) is 0 Å². The van der Waals surface area contributed by atoms with Crippen molar-refractivity contribution in [2.45, 2.75) is 12.1 Å². The van der Waals surface area contributed by atoms with Gasteiger partial charge in [0.05, 0.1) is 0 Å². The van der Waals surface area contributed by atoms with Crippen molar-refractivity contribution >= 4 is 17.7 Å². The number of hydrogen-bond donors (Lipinski definition) is 1. The van der Waals surface area contributed by atoms with Crippen molar-refractivity contribution in [1.29, 1.82) is 0 Å². The fraction of sp³-hybridized carbons (Fsp3) is 0.286. The maximum atomic E-state index is 5.43. The summed E-state index contributed by atoms with van der Waals surface area (Å²) in [6, 6.07) is 0. The molecule has 1 rings (SSSR count). The van der Waals surface area contributed by atoms with Gasteiger partial charge in [-0.2, -0.15) is 9.97 Å². The van der Waals surface area contributed by atoms with Gasteiger partial charge in [0, 0.05) is 5.75 Å². The van der Waals surface area contributed by atoms with Crippen LogP contribution in [0.3, 0.4) is 0 Å². The lowest BCUT2D eigenvalue weighted by atomic mass is 10.7. The molecule has 2 N–H and O–H groups in total. The minimum Gasteiger partial charge on any atom is -0.368 e. The van der Waals surface area contributed by atoms with Crippen molar-refractivity contribution in [3.05, 3.63) is 18.5 Å². The average Bonchev–Trinajstić information content (AvgIpc) is 1.99. The quantitative estimate of drug-likeness (QED) is 0.559. The number of nitrogens with zero attached hydrogens (tertiary/aromatic N) is 3. The summed E-state index contributed by atoms with van der Waals surface area (Å²) in [6.07, 6.45) is 1.79. The summed E-state index contributed by atoms with van der Waals surface area (Å²) in [7, 11) is 0. The van der Waals surface area contributed by atoms with E-state index >= 15 is 0 Å². The minimum atomic E-state index is 0.272. The Morgan fingerprint density at radius 2 is 2.25 bits per heavy atom. The summed E-state index contributed by atoms with van der Waals surface area (Å²) in [5, 5.41) is 0.653. The highest BCUT2D eigenvalue weighted by atomic mass is 32.2. The SMILES string of the molecule is C=CCSc1nc(C)nc(N)n1. The van der Waals surface area contributed by atoms with Gasteiger partial charge in [-0.1, -0.05) is 17.8 Å². The molecule has 1 aromatic rings. The highest BCUT2D eigenvalue weighted by Crippen LogP contribution is 2.12. The topological polar surface area (TPSA) is 64.7 Å². The van der Waals surface area contributed by atoms with Crippen LogP contribution in [0.25, 0.3) is 0 Å². The number of aryl methyl sites for hydroxylation is 1. The molecule has 0 bridgehead atoms. The third kappa shape index (κ3) is 2.50. The molecule has 0 aliphatic heterocycles. The van der Waals surface area contributed by atoms with Gasteiger partial charge in [-0.05, 0) is 6.92 Å². The molecule has 0 aliphatic rings. The van der Waals surface area contributed by atoms with Crippen LogP contribution in [0, 0.1) is 6.92 Å². The van der Waals surface area contributed by atoms with Gasteiger partial charge in [-0.15, -0.1) is 6.58 Å². The Balaban J connectivity index is 2.78. The zero-order valence-electron chi connectivity index (χ0n) is 6.82. The second-order valence-corrected chi connectivity index (χ2v) is 3.11. The average molecular weight is 182 g/mol. The van der Waals surface area contributed by atoms with Crippen LogP contribution >= 0.6 is 11.8 Å². The van der Waals surface area contributed by atoms with E-state index < -0.39 is 0 Å². The first-order valence-corrected chi connectivity index (χ1v) is 4.43. The number of thioether (sulfide) groups is 1. The van der Waals surface area contributed by atoms with Crippen molar-refractivity contribution in [2.24, 2.45) is 0 Å². The molecule has 0 unspecified atom stereocenters. The lowest BCUT2D eigenvalue weighted by Gasteiger charge is -1.98. The predicted molar refractivity (Wildman–Crippen MR) is 49.9 cm³/mol. The molecule has 0 fully saturated rings. The van der Waals surface area contributed by atoms with Crippen LogP contribution in [0.4, 0.5) is 5.95 Å². The zero-order valence-corrected chi connectivity index (χ0v) is 7.64. The van der Waals surface area contributed by atoms with Crippen molar-refractivity contribution in [1.82, 2.24) is 15.0 Å². The van der Waals surface area contributed by atoms with Crippen LogP contribution in [0.15, 0.2) is 17.8 Å². The van der Waals surface area contributed by atoms with E-state index in [2.05, 4.69) is 21.5 Å². The van der Waals surface area contributed by atoms with Gasteiger partial charge in [0.2, 0.25) is 5.95 Å². The third-order valence-corrected chi connectivity index (χ3v) is 1.92. The zero-order chi connectivity index (χ0) is 8.97. The molecule has 12 heavy (non-hydrogen) atoms. The van der Waals surface area contributed by atoms with E-state index in [9.17, 15) is 0 Å². The van der Waals surface area contributed by atoms with E-state index in [-0.39, 0.29) is 5.95 Å². The monoisotopic (exact) mass is 182 g/mol. The summed E-state index contributed by atoms with van der Waals surface area (Å²) in [5.41, 5.74) is 5.43. The van der Waals surface area contributed by atoms with Crippen LogP contribution in [-0.4, -0.2) is 20.7 Å². The Labute approximate surface area is 75.3 Å². The van der Waals surface area contributed by atoms with Crippen LogP contribution in [0.1, 0.15) is 5.82 Å². The molecule has 0 saturated heterocycles. The molecule has 1 aromatic heterocycles. The highest BCUT2D eigenvalue weighted by molar-refractivity contribution is 7.99. The van der Waals surface area contributed by atoms with E-state index in [1.54, 1.807) is 13.0 Å². The molecule has 0 aliphatic carbocycles. The molecule has 0 atom stereocenters. The first-order valence-electron chi connectivity index (χ1n) is 3.44. The predicted octanol–water partition coefficient (Wildman–Crippen LogP) is 1.04. The Kier molecular flexibility index (Phi) is 3.04. The van der Waals surface area contributed by atoms with E-state index in [4.69, 9.17) is 5.73 Å². The van der Waals surface area contributed by atoms with Crippen LogP contribution in [0.5, 0.6) is 0 Å². The molecule has 0 spiro atoms. The molecular weight excluding hydrogens is 172 g/mol. The first kappa shape index (κ1) is 8.99. The van der Waals surface area contributed by atoms with Gasteiger partial charge in [0.1, 0.15) is 5.82 Å². The highest BCUT2D eigenvalue weighted by Gasteiger charge is 1.99. The summed E-state index contributed by atoms with van der Waals surface area (Å²) >= 11 is 1.49. The van der Waals surface area contributed by atoms with Gasteiger partial charge in [-0.3, -0.25) is 0 Å². The molecule has 4 nitrogen and oxygen atoms in total. The smallest absolute Gasteiger partial charge is 0.224 e. The number of rotatable bonds is 3. The van der Waals surface area contributed by atoms with Crippen molar-refractivity contribution in [3.8, 4) is 0 Å². The second kappa shape index (κ2) is 4.06. The van der Waals surface area contributed by atoms with Crippen molar-refractivity contribution < 1.29 is 0 Å². The molecular formula is C7H10N4S. The fourth-order valence-corrected chi connectivity index (χ4v) is 1.30. The van der Waals surface area contributed by atoms with E-state index in [1.165, 1.54) is 11.8 Å². The van der Waals surface area contributed by atoms with Gasteiger partial charge in [0.15, 0.2) is 5.16 Å². The molecule has 0 saturated carbocycles. The van der Waals surface area contributed by atoms with Crippen LogP contribution < -0.4 is 5.73 Å². The van der Waals surface area contributed by atoms with Crippen molar-refractivity contribution in [3.63, 3.8) is 0 Å². The Hall–Kier alpha value is -1.10. The van der Waals surface area contributed by atoms with Gasteiger partial charge in [-0.25, -0.2) is 4.98 Å². The standard InChI is InChI=1S/C7H10N4S/c1-3-4-12-7-10-5(2)9-6(8)11-7/h3H,1,4H2,2H3,(H2,8,9,10,11). The number of anilines is 1. The summed E-state index contributed by atoms with van der Waals surface area (Å²) in [5.74, 6) is 1.70. The first-order chi connectivity index (χ1) is 5.72. The third-order valence-electron chi connectivity index (χ3n) is 1.07. The molecule has 0 amide bonds. The van der Waals surface area contributed by atoms with Crippen LogP contribution in [-0.2, 0) is 0 Å².